The summed E-state index contributed by atoms with van der Waals surface area (Å²) in [5.41, 5.74) is 4.81. The van der Waals surface area contributed by atoms with Gasteiger partial charge in [-0.3, -0.25) is 4.68 Å². The fourth-order valence-corrected chi connectivity index (χ4v) is 4.05. The zero-order valence-corrected chi connectivity index (χ0v) is 19.0. The maximum atomic E-state index is 11.4. The first kappa shape index (κ1) is 21.8. The Bertz CT molecular complexity index is 1270. The van der Waals surface area contributed by atoms with Gasteiger partial charge in [-0.2, -0.15) is 5.10 Å². The van der Waals surface area contributed by atoms with Crippen LogP contribution in [0.15, 0.2) is 65.3 Å². The lowest BCUT2D eigenvalue weighted by atomic mass is 10.1. The molecule has 0 saturated heterocycles. The van der Waals surface area contributed by atoms with E-state index < -0.39 is 18.1 Å². The van der Waals surface area contributed by atoms with Gasteiger partial charge in [0.1, 0.15) is 5.52 Å². The highest BCUT2D eigenvalue weighted by atomic mass is 79.9. The predicted octanol–water partition coefficient (Wildman–Crippen LogP) is 4.39. The minimum absolute atomic E-state index is 0.479. The number of fused-ring (bicyclic) bond motifs is 1. The monoisotopic (exact) mass is 495 g/mol. The third-order valence-electron chi connectivity index (χ3n) is 5.10. The average molecular weight is 496 g/mol. The number of nitrogens with one attached hydrogen (secondary N) is 2. The Morgan fingerprint density at radius 1 is 1.16 bits per heavy atom. The molecule has 2 unspecified atom stereocenters. The molecule has 0 aliphatic heterocycles. The van der Waals surface area contributed by atoms with Crippen molar-refractivity contribution in [2.45, 2.75) is 19.1 Å². The number of pyridine rings is 1. The van der Waals surface area contributed by atoms with E-state index in [-0.39, 0.29) is 0 Å². The SMILES string of the molecule is CC(O)C(Nc1cnc2c(Nc3cccc(-c4ccccc4)c3Br)nn(C)c2c1)C(=O)O. The molecule has 0 aliphatic carbocycles. The van der Waals surface area contributed by atoms with Gasteiger partial charge in [0.25, 0.3) is 0 Å². The Morgan fingerprint density at radius 2 is 1.91 bits per heavy atom. The first-order valence-corrected chi connectivity index (χ1v) is 10.8. The molecule has 0 fully saturated rings. The van der Waals surface area contributed by atoms with Gasteiger partial charge in [-0.15, -0.1) is 0 Å². The van der Waals surface area contributed by atoms with Gasteiger partial charge in [-0.25, -0.2) is 9.78 Å². The third kappa shape index (κ3) is 4.30. The Morgan fingerprint density at radius 3 is 2.59 bits per heavy atom. The Kier molecular flexibility index (Phi) is 6.11. The van der Waals surface area contributed by atoms with Crippen LogP contribution in [0.25, 0.3) is 22.2 Å². The van der Waals surface area contributed by atoms with Gasteiger partial charge in [-0.1, -0.05) is 42.5 Å². The van der Waals surface area contributed by atoms with Crippen LogP contribution in [0.4, 0.5) is 17.2 Å². The van der Waals surface area contributed by atoms with Crippen LogP contribution in [0.5, 0.6) is 0 Å². The number of carboxylic acid groups (broad SMARTS) is 1. The molecule has 0 radical (unpaired) electrons. The number of aliphatic carboxylic acids is 1. The van der Waals surface area contributed by atoms with E-state index >= 15 is 0 Å². The molecular weight excluding hydrogens is 474 g/mol. The zero-order valence-electron chi connectivity index (χ0n) is 17.5. The van der Waals surface area contributed by atoms with E-state index in [4.69, 9.17) is 0 Å². The molecule has 8 nitrogen and oxygen atoms in total. The molecule has 4 N–H and O–H groups in total. The van der Waals surface area contributed by atoms with Gasteiger partial charge < -0.3 is 20.8 Å². The molecule has 0 saturated carbocycles. The lowest BCUT2D eigenvalue weighted by molar-refractivity contribution is -0.140. The molecule has 2 atom stereocenters. The highest BCUT2D eigenvalue weighted by Gasteiger charge is 2.23. The molecule has 2 aromatic heterocycles. The number of carbonyl (C=O) groups is 1. The number of aliphatic hydroxyl groups is 1. The molecule has 32 heavy (non-hydrogen) atoms. The van der Waals surface area contributed by atoms with Gasteiger partial charge in [0.15, 0.2) is 11.9 Å². The van der Waals surface area contributed by atoms with Crippen molar-refractivity contribution in [1.82, 2.24) is 14.8 Å². The number of benzene rings is 2. The number of anilines is 3. The van der Waals surface area contributed by atoms with Gasteiger partial charge >= 0.3 is 5.97 Å². The van der Waals surface area contributed by atoms with Crippen LogP contribution in [0.2, 0.25) is 0 Å². The Balaban J connectivity index is 1.66. The van der Waals surface area contributed by atoms with Crippen molar-refractivity contribution in [3.05, 3.63) is 65.3 Å². The van der Waals surface area contributed by atoms with Crippen molar-refractivity contribution in [2.75, 3.05) is 10.6 Å². The maximum absolute atomic E-state index is 11.4. The molecule has 0 amide bonds. The smallest absolute Gasteiger partial charge is 0.328 e. The van der Waals surface area contributed by atoms with Crippen LogP contribution in [0.3, 0.4) is 0 Å². The van der Waals surface area contributed by atoms with Gasteiger partial charge in [0.05, 0.1) is 29.2 Å². The lowest BCUT2D eigenvalue weighted by Crippen LogP contribution is -2.38. The van der Waals surface area contributed by atoms with E-state index in [0.717, 1.165) is 21.3 Å². The van der Waals surface area contributed by atoms with E-state index in [1.54, 1.807) is 17.8 Å². The molecule has 2 heterocycles. The summed E-state index contributed by atoms with van der Waals surface area (Å²) in [6, 6.07) is 16.6. The molecule has 2 aromatic carbocycles. The number of hydrogen-bond acceptors (Lipinski definition) is 6. The van der Waals surface area contributed by atoms with Crippen molar-refractivity contribution in [3.8, 4) is 11.1 Å². The minimum atomic E-state index is -1.14. The van der Waals surface area contributed by atoms with Crippen LogP contribution < -0.4 is 10.6 Å². The van der Waals surface area contributed by atoms with E-state index in [2.05, 4.69) is 36.6 Å². The normalized spacial score (nSPS) is 13.0. The van der Waals surface area contributed by atoms with Gasteiger partial charge in [-0.05, 0) is 46.1 Å². The summed E-state index contributed by atoms with van der Waals surface area (Å²) in [7, 11) is 1.79. The largest absolute Gasteiger partial charge is 0.480 e. The number of rotatable bonds is 7. The fourth-order valence-electron chi connectivity index (χ4n) is 3.46. The van der Waals surface area contributed by atoms with Crippen molar-refractivity contribution >= 4 is 50.1 Å². The number of aliphatic hydroxyl groups excluding tert-OH is 1. The number of nitrogens with zero attached hydrogens (tertiary/aromatic N) is 3. The van der Waals surface area contributed by atoms with Gasteiger partial charge in [0.2, 0.25) is 0 Å². The average Bonchev–Trinajstić information content (AvgIpc) is 3.08. The first-order valence-electron chi connectivity index (χ1n) is 9.96. The van der Waals surface area contributed by atoms with E-state index in [1.807, 2.05) is 48.5 Å². The number of carboxylic acids is 1. The van der Waals surface area contributed by atoms with Gasteiger partial charge in [0, 0.05) is 11.5 Å². The number of aromatic nitrogens is 3. The van der Waals surface area contributed by atoms with Crippen LogP contribution in [-0.2, 0) is 11.8 Å². The van der Waals surface area contributed by atoms with E-state index in [0.29, 0.717) is 22.5 Å². The van der Waals surface area contributed by atoms with Crippen LogP contribution in [0.1, 0.15) is 6.92 Å². The molecule has 4 aromatic rings. The maximum Gasteiger partial charge on any atom is 0.328 e. The van der Waals surface area contributed by atoms with Crippen LogP contribution >= 0.6 is 15.9 Å². The summed E-state index contributed by atoms with van der Waals surface area (Å²) in [6.07, 6.45) is 0.462. The van der Waals surface area contributed by atoms with Crippen LogP contribution in [-0.4, -0.2) is 43.1 Å². The van der Waals surface area contributed by atoms with Crippen molar-refractivity contribution < 1.29 is 15.0 Å². The molecule has 0 aliphatic rings. The minimum Gasteiger partial charge on any atom is -0.480 e. The summed E-state index contributed by atoms with van der Waals surface area (Å²) in [5, 5.41) is 29.7. The summed E-state index contributed by atoms with van der Waals surface area (Å²) < 4.78 is 2.58. The van der Waals surface area contributed by atoms with E-state index in [1.165, 1.54) is 13.1 Å². The quantitative estimate of drug-likeness (QED) is 0.300. The molecule has 4 rings (SSSR count). The first-order chi connectivity index (χ1) is 15.3. The van der Waals surface area contributed by atoms with Crippen molar-refractivity contribution in [1.29, 1.82) is 0 Å². The molecule has 0 spiro atoms. The summed E-state index contributed by atoms with van der Waals surface area (Å²) in [5.74, 6) is -0.569. The number of aryl methyl sites for hydroxylation is 1. The standard InChI is InChI=1S/C23H22BrN5O3/c1-13(30)20(23(31)32)26-15-11-18-21(25-12-15)22(28-29(18)2)27-17-10-6-9-16(19(17)24)14-7-4-3-5-8-14/h3-13,20,26,30H,1-2H3,(H,27,28)(H,31,32). The second-order valence-electron chi connectivity index (χ2n) is 7.42. The number of halogens is 1. The topological polar surface area (TPSA) is 112 Å². The van der Waals surface area contributed by atoms with Crippen molar-refractivity contribution in [3.63, 3.8) is 0 Å². The molecule has 0 bridgehead atoms. The Labute approximate surface area is 193 Å². The molecule has 164 valence electrons. The summed E-state index contributed by atoms with van der Waals surface area (Å²) in [4.78, 5) is 15.9. The zero-order chi connectivity index (χ0) is 22.8. The number of hydrogen-bond donors (Lipinski definition) is 4. The van der Waals surface area contributed by atoms with E-state index in [9.17, 15) is 15.0 Å². The predicted molar refractivity (Wildman–Crippen MR) is 128 cm³/mol. The van der Waals surface area contributed by atoms with Crippen molar-refractivity contribution in [2.24, 2.45) is 7.05 Å². The highest BCUT2D eigenvalue weighted by Crippen LogP contribution is 2.36. The second-order valence-corrected chi connectivity index (χ2v) is 8.22. The summed E-state index contributed by atoms with van der Waals surface area (Å²) in [6.45, 7) is 1.42. The lowest BCUT2D eigenvalue weighted by Gasteiger charge is -2.18. The second kappa shape index (κ2) is 8.97. The third-order valence-corrected chi connectivity index (χ3v) is 5.95. The summed E-state index contributed by atoms with van der Waals surface area (Å²) >= 11 is 3.71. The molecule has 9 heteroatoms. The fraction of sp³-hybridized carbons (Fsp3) is 0.174. The highest BCUT2D eigenvalue weighted by molar-refractivity contribution is 9.10. The van der Waals surface area contributed by atoms with Crippen LogP contribution in [0, 0.1) is 0 Å². The Hall–Kier alpha value is -3.43. The molecular formula is C23H22BrN5O3.